The van der Waals surface area contributed by atoms with Crippen LogP contribution in [0, 0.1) is 0 Å². The first-order valence-electron chi connectivity index (χ1n) is 5.77. The van der Waals surface area contributed by atoms with Gasteiger partial charge in [0.2, 0.25) is 0 Å². The quantitative estimate of drug-likeness (QED) is 0.920. The Labute approximate surface area is 112 Å². The van der Waals surface area contributed by atoms with Crippen molar-refractivity contribution in [1.29, 1.82) is 0 Å². The maximum atomic E-state index is 12.6. The molecule has 0 heterocycles. The smallest absolute Gasteiger partial charge is 0.366 e. The molecule has 1 aliphatic rings. The average molecular weight is 323 g/mol. The highest BCUT2D eigenvalue weighted by Crippen LogP contribution is 2.38. The van der Waals surface area contributed by atoms with Gasteiger partial charge in [0, 0.05) is 23.6 Å². The molecule has 0 aliphatic heterocycles. The SMILES string of the molecule is NCCN(c1ccc(C(F)(F)F)cc1Br)C1CC1. The fraction of sp³-hybridized carbons (Fsp3) is 0.500. The van der Waals surface area contributed by atoms with Gasteiger partial charge in [-0.05, 0) is 47.0 Å². The molecule has 1 aliphatic carbocycles. The molecule has 0 aromatic heterocycles. The molecule has 2 rings (SSSR count). The Morgan fingerprint density at radius 1 is 1.33 bits per heavy atom. The molecule has 0 atom stereocenters. The van der Waals surface area contributed by atoms with E-state index in [9.17, 15) is 13.2 Å². The largest absolute Gasteiger partial charge is 0.416 e. The minimum Gasteiger partial charge on any atom is -0.366 e. The summed E-state index contributed by atoms with van der Waals surface area (Å²) in [6.07, 6.45) is -2.15. The van der Waals surface area contributed by atoms with Crippen molar-refractivity contribution in [2.24, 2.45) is 5.73 Å². The Hall–Kier alpha value is -0.750. The van der Waals surface area contributed by atoms with E-state index in [4.69, 9.17) is 5.73 Å². The molecule has 0 amide bonds. The molecule has 0 radical (unpaired) electrons. The number of hydrogen-bond acceptors (Lipinski definition) is 2. The zero-order valence-electron chi connectivity index (χ0n) is 9.67. The number of benzene rings is 1. The van der Waals surface area contributed by atoms with Crippen LogP contribution in [-0.2, 0) is 6.18 Å². The van der Waals surface area contributed by atoms with Gasteiger partial charge in [-0.15, -0.1) is 0 Å². The van der Waals surface area contributed by atoms with E-state index < -0.39 is 11.7 Å². The van der Waals surface area contributed by atoms with Crippen molar-refractivity contribution >= 4 is 21.6 Å². The summed E-state index contributed by atoms with van der Waals surface area (Å²) in [6, 6.07) is 4.18. The monoisotopic (exact) mass is 322 g/mol. The molecule has 2 N–H and O–H groups in total. The van der Waals surface area contributed by atoms with Gasteiger partial charge >= 0.3 is 6.18 Å². The summed E-state index contributed by atoms with van der Waals surface area (Å²) >= 11 is 3.22. The second kappa shape index (κ2) is 5.09. The first-order valence-corrected chi connectivity index (χ1v) is 6.56. The summed E-state index contributed by atoms with van der Waals surface area (Å²) in [4.78, 5) is 2.07. The number of alkyl halides is 3. The summed E-state index contributed by atoms with van der Waals surface area (Å²) < 4.78 is 38.2. The van der Waals surface area contributed by atoms with Gasteiger partial charge in [-0.2, -0.15) is 13.2 Å². The summed E-state index contributed by atoms with van der Waals surface area (Å²) in [5, 5.41) is 0. The first kappa shape index (κ1) is 13.7. The van der Waals surface area contributed by atoms with Crippen LogP contribution in [0.4, 0.5) is 18.9 Å². The molecule has 1 fully saturated rings. The Morgan fingerprint density at radius 3 is 2.44 bits per heavy atom. The third kappa shape index (κ3) is 2.98. The van der Waals surface area contributed by atoms with E-state index in [0.29, 0.717) is 23.6 Å². The summed E-state index contributed by atoms with van der Waals surface area (Å²) in [5.41, 5.74) is 5.70. The van der Waals surface area contributed by atoms with E-state index in [2.05, 4.69) is 20.8 Å². The van der Waals surface area contributed by atoms with E-state index in [1.807, 2.05) is 0 Å². The molecule has 100 valence electrons. The van der Waals surface area contributed by atoms with Crippen molar-refractivity contribution in [3.63, 3.8) is 0 Å². The Bertz CT molecular complexity index is 430. The van der Waals surface area contributed by atoms with Gasteiger partial charge in [-0.3, -0.25) is 0 Å². The number of halogens is 4. The molecular weight excluding hydrogens is 309 g/mol. The van der Waals surface area contributed by atoms with Gasteiger partial charge in [-0.1, -0.05) is 0 Å². The Kier molecular flexibility index (Phi) is 3.87. The molecule has 6 heteroatoms. The number of anilines is 1. The van der Waals surface area contributed by atoms with Crippen LogP contribution in [0.3, 0.4) is 0 Å². The second-order valence-electron chi connectivity index (χ2n) is 4.38. The molecule has 0 bridgehead atoms. The normalized spacial score (nSPS) is 15.8. The van der Waals surface area contributed by atoms with Crippen LogP contribution in [-0.4, -0.2) is 19.1 Å². The van der Waals surface area contributed by atoms with Gasteiger partial charge in [0.1, 0.15) is 0 Å². The van der Waals surface area contributed by atoms with Gasteiger partial charge < -0.3 is 10.6 Å². The van der Waals surface area contributed by atoms with Crippen LogP contribution in [0.15, 0.2) is 22.7 Å². The molecule has 2 nitrogen and oxygen atoms in total. The molecule has 0 saturated heterocycles. The fourth-order valence-electron chi connectivity index (χ4n) is 1.94. The Balaban J connectivity index is 2.28. The number of rotatable bonds is 4. The van der Waals surface area contributed by atoms with Crippen molar-refractivity contribution in [1.82, 2.24) is 0 Å². The van der Waals surface area contributed by atoms with Gasteiger partial charge in [0.05, 0.1) is 11.3 Å². The van der Waals surface area contributed by atoms with Crippen molar-refractivity contribution in [2.45, 2.75) is 25.1 Å². The maximum Gasteiger partial charge on any atom is 0.416 e. The lowest BCUT2D eigenvalue weighted by Gasteiger charge is -2.25. The maximum absolute atomic E-state index is 12.6. The van der Waals surface area contributed by atoms with Crippen LogP contribution in [0.25, 0.3) is 0 Å². The second-order valence-corrected chi connectivity index (χ2v) is 5.23. The van der Waals surface area contributed by atoms with Crippen LogP contribution in [0.2, 0.25) is 0 Å². The van der Waals surface area contributed by atoms with Crippen LogP contribution < -0.4 is 10.6 Å². The lowest BCUT2D eigenvalue weighted by Crippen LogP contribution is -2.31. The molecule has 0 spiro atoms. The highest BCUT2D eigenvalue weighted by atomic mass is 79.9. The molecular formula is C12H14BrF3N2. The molecule has 0 unspecified atom stereocenters. The van der Waals surface area contributed by atoms with Crippen LogP contribution in [0.1, 0.15) is 18.4 Å². The fourth-order valence-corrected chi connectivity index (χ4v) is 2.55. The number of nitrogens with two attached hydrogens (primary N) is 1. The van der Waals surface area contributed by atoms with E-state index in [1.165, 1.54) is 6.07 Å². The van der Waals surface area contributed by atoms with Gasteiger partial charge in [0.25, 0.3) is 0 Å². The van der Waals surface area contributed by atoms with Crippen LogP contribution in [0.5, 0.6) is 0 Å². The van der Waals surface area contributed by atoms with E-state index in [1.54, 1.807) is 0 Å². The number of nitrogens with zero attached hydrogens (tertiary/aromatic N) is 1. The van der Waals surface area contributed by atoms with Gasteiger partial charge in [-0.25, -0.2) is 0 Å². The molecule has 18 heavy (non-hydrogen) atoms. The predicted octanol–water partition coefficient (Wildman–Crippen LogP) is 3.40. The Morgan fingerprint density at radius 2 is 2.00 bits per heavy atom. The minimum absolute atomic E-state index is 0.418. The standard InChI is InChI=1S/C12H14BrF3N2/c13-10-7-8(12(14,15)16)1-4-11(10)18(6-5-17)9-2-3-9/h1,4,7,9H,2-3,5-6,17H2. The third-order valence-electron chi connectivity index (χ3n) is 2.94. The van der Waals surface area contributed by atoms with Crippen molar-refractivity contribution in [3.8, 4) is 0 Å². The highest BCUT2D eigenvalue weighted by molar-refractivity contribution is 9.10. The topological polar surface area (TPSA) is 29.3 Å². The summed E-state index contributed by atoms with van der Waals surface area (Å²) in [5.74, 6) is 0. The van der Waals surface area contributed by atoms with E-state index >= 15 is 0 Å². The third-order valence-corrected chi connectivity index (χ3v) is 3.58. The van der Waals surface area contributed by atoms with Crippen molar-refractivity contribution < 1.29 is 13.2 Å². The zero-order chi connectivity index (χ0) is 13.3. The lowest BCUT2D eigenvalue weighted by atomic mass is 10.2. The summed E-state index contributed by atoms with van der Waals surface area (Å²) in [6.45, 7) is 1.15. The van der Waals surface area contributed by atoms with Crippen molar-refractivity contribution in [3.05, 3.63) is 28.2 Å². The summed E-state index contributed by atoms with van der Waals surface area (Å²) in [7, 11) is 0. The molecule has 1 aromatic rings. The van der Waals surface area contributed by atoms with Gasteiger partial charge in [0.15, 0.2) is 0 Å². The lowest BCUT2D eigenvalue weighted by molar-refractivity contribution is -0.137. The highest BCUT2D eigenvalue weighted by Gasteiger charge is 2.33. The van der Waals surface area contributed by atoms with E-state index in [-0.39, 0.29) is 0 Å². The molecule has 1 aromatic carbocycles. The predicted molar refractivity (Wildman–Crippen MR) is 68.6 cm³/mol. The van der Waals surface area contributed by atoms with Crippen LogP contribution >= 0.6 is 15.9 Å². The average Bonchev–Trinajstić information content (AvgIpc) is 3.09. The van der Waals surface area contributed by atoms with Crippen molar-refractivity contribution in [2.75, 3.05) is 18.0 Å². The first-order chi connectivity index (χ1) is 8.43. The van der Waals surface area contributed by atoms with E-state index in [0.717, 1.165) is 30.7 Å². The molecule has 1 saturated carbocycles. The minimum atomic E-state index is -4.31. The number of hydrogen-bond donors (Lipinski definition) is 1. The zero-order valence-corrected chi connectivity index (χ0v) is 11.3.